The van der Waals surface area contributed by atoms with Gasteiger partial charge in [-0.2, -0.15) is 0 Å². The molecule has 0 fully saturated rings. The molecule has 134 valence electrons. The average Bonchev–Trinajstić information content (AvgIpc) is 2.96. The van der Waals surface area contributed by atoms with Gasteiger partial charge in [0.25, 0.3) is 0 Å². The normalized spacial score (nSPS) is 12.5. The number of fused-ring (bicyclic) bond motifs is 4. The maximum Gasteiger partial charge on any atom is 0.160 e. The molecule has 0 saturated heterocycles. The lowest BCUT2D eigenvalue weighted by Gasteiger charge is -2.26. The van der Waals surface area contributed by atoms with Crippen LogP contribution in [0.3, 0.4) is 0 Å². The molecule has 0 amide bonds. The fraction of sp³-hybridized carbons (Fsp3) is 0.300. The lowest BCUT2D eigenvalue weighted by atomic mass is 10.0. The number of aromatic nitrogens is 3. The van der Waals surface area contributed by atoms with Gasteiger partial charge in [-0.15, -0.1) is 0 Å². The van der Waals surface area contributed by atoms with Crippen LogP contribution >= 0.6 is 0 Å². The summed E-state index contributed by atoms with van der Waals surface area (Å²) >= 11 is 0. The van der Waals surface area contributed by atoms with Gasteiger partial charge in [0.15, 0.2) is 5.65 Å². The molecule has 2 aromatic carbocycles. The van der Waals surface area contributed by atoms with Crippen molar-refractivity contribution in [2.75, 3.05) is 13.2 Å². The Hall–Kier alpha value is -2.54. The molecule has 0 spiro atoms. The van der Waals surface area contributed by atoms with E-state index in [1.54, 1.807) is 6.92 Å². The third-order valence-electron chi connectivity index (χ3n) is 4.97. The summed E-state index contributed by atoms with van der Waals surface area (Å²) in [6.45, 7) is 2.10. The number of hydrogen-bond acceptors (Lipinski definition) is 5. The van der Waals surface area contributed by atoms with Crippen LogP contribution in [0.4, 0.5) is 0 Å². The number of para-hydroxylation sites is 2. The highest BCUT2D eigenvalue weighted by molar-refractivity contribution is 6.06. The smallest absolute Gasteiger partial charge is 0.160 e. The van der Waals surface area contributed by atoms with Crippen molar-refractivity contribution in [2.45, 2.75) is 19.0 Å². The van der Waals surface area contributed by atoms with Gasteiger partial charge in [-0.3, -0.25) is 0 Å². The molecule has 0 aliphatic rings. The average molecular weight is 350 g/mol. The van der Waals surface area contributed by atoms with Crippen LogP contribution in [0.1, 0.15) is 12.5 Å². The number of aliphatic hydroxyl groups is 2. The van der Waals surface area contributed by atoms with Crippen LogP contribution in [0.15, 0.2) is 42.5 Å². The highest BCUT2D eigenvalue weighted by Gasteiger charge is 2.21. The third-order valence-corrected chi connectivity index (χ3v) is 4.97. The number of nitrogens with zero attached hydrogens (tertiary/aromatic N) is 3. The largest absolute Gasteiger partial charge is 0.394 e. The van der Waals surface area contributed by atoms with E-state index in [1.807, 2.05) is 37.4 Å². The van der Waals surface area contributed by atoms with E-state index in [2.05, 4.69) is 22.0 Å². The van der Waals surface area contributed by atoms with Crippen molar-refractivity contribution in [1.82, 2.24) is 19.9 Å². The standard InChI is InChI=1S/C20H22N4O2/c1-20(11-25,12-26)21-10-13-7-8-14-17(9-13)24(2)19-18(14)22-15-5-3-4-6-16(15)23-19/h3-9,21,25-26H,10-12H2,1-2H3. The lowest BCUT2D eigenvalue weighted by molar-refractivity contribution is 0.103. The number of aliphatic hydroxyl groups excluding tert-OH is 2. The molecule has 26 heavy (non-hydrogen) atoms. The summed E-state index contributed by atoms with van der Waals surface area (Å²) in [6, 6.07) is 14.1. The lowest BCUT2D eigenvalue weighted by Crippen LogP contribution is -2.48. The second-order valence-corrected chi connectivity index (χ2v) is 7.03. The predicted octanol–water partition coefficient (Wildman–Crippen LogP) is 2.11. The molecule has 0 atom stereocenters. The Balaban J connectivity index is 1.79. The van der Waals surface area contributed by atoms with Crippen molar-refractivity contribution in [2.24, 2.45) is 7.05 Å². The van der Waals surface area contributed by atoms with Gasteiger partial charge in [0.05, 0.1) is 35.3 Å². The fourth-order valence-corrected chi connectivity index (χ4v) is 3.16. The van der Waals surface area contributed by atoms with Crippen LogP contribution in [0.2, 0.25) is 0 Å². The van der Waals surface area contributed by atoms with Crippen LogP contribution in [-0.4, -0.2) is 43.5 Å². The monoisotopic (exact) mass is 350 g/mol. The molecule has 0 aliphatic heterocycles. The Kier molecular flexibility index (Phi) is 4.11. The number of benzene rings is 2. The van der Waals surface area contributed by atoms with Gasteiger partial charge in [0.1, 0.15) is 5.52 Å². The Morgan fingerprint density at radius 3 is 2.42 bits per heavy atom. The molecular weight excluding hydrogens is 328 g/mol. The first-order valence-electron chi connectivity index (χ1n) is 8.65. The molecule has 0 bridgehead atoms. The molecule has 6 heteroatoms. The van der Waals surface area contributed by atoms with Crippen molar-refractivity contribution in [1.29, 1.82) is 0 Å². The molecule has 4 aromatic rings. The predicted molar refractivity (Wildman–Crippen MR) is 103 cm³/mol. The zero-order valence-corrected chi connectivity index (χ0v) is 14.9. The highest BCUT2D eigenvalue weighted by atomic mass is 16.3. The quantitative estimate of drug-likeness (QED) is 0.513. The summed E-state index contributed by atoms with van der Waals surface area (Å²) < 4.78 is 2.06. The fourth-order valence-electron chi connectivity index (χ4n) is 3.16. The second-order valence-electron chi connectivity index (χ2n) is 7.03. The van der Waals surface area contributed by atoms with Crippen molar-refractivity contribution >= 4 is 33.1 Å². The van der Waals surface area contributed by atoms with Gasteiger partial charge in [0, 0.05) is 19.0 Å². The summed E-state index contributed by atoms with van der Waals surface area (Å²) in [4.78, 5) is 9.58. The highest BCUT2D eigenvalue weighted by Crippen LogP contribution is 2.28. The molecule has 2 heterocycles. The molecule has 4 rings (SSSR count). The van der Waals surface area contributed by atoms with Gasteiger partial charge in [-0.25, -0.2) is 9.97 Å². The zero-order valence-electron chi connectivity index (χ0n) is 14.9. The molecule has 3 N–H and O–H groups in total. The van der Waals surface area contributed by atoms with Crippen molar-refractivity contribution in [3.8, 4) is 0 Å². The van der Waals surface area contributed by atoms with E-state index in [1.165, 1.54) is 0 Å². The van der Waals surface area contributed by atoms with E-state index in [4.69, 9.17) is 9.97 Å². The number of rotatable bonds is 5. The van der Waals surface area contributed by atoms with Gasteiger partial charge >= 0.3 is 0 Å². The minimum atomic E-state index is -0.700. The van der Waals surface area contributed by atoms with E-state index in [9.17, 15) is 10.2 Å². The topological polar surface area (TPSA) is 83.2 Å². The molecule has 0 saturated carbocycles. The van der Waals surface area contributed by atoms with Crippen LogP contribution in [0, 0.1) is 0 Å². The van der Waals surface area contributed by atoms with E-state index in [0.29, 0.717) is 6.54 Å². The van der Waals surface area contributed by atoms with Crippen LogP contribution in [-0.2, 0) is 13.6 Å². The molecular formula is C20H22N4O2. The number of nitrogens with one attached hydrogen (secondary N) is 1. The molecule has 2 aromatic heterocycles. The Bertz CT molecular complexity index is 1100. The van der Waals surface area contributed by atoms with Gasteiger partial charge < -0.3 is 20.1 Å². The third kappa shape index (κ3) is 2.72. The zero-order chi connectivity index (χ0) is 18.3. The Morgan fingerprint density at radius 2 is 1.73 bits per heavy atom. The summed E-state index contributed by atoms with van der Waals surface area (Å²) in [5, 5.41) is 23.1. The van der Waals surface area contributed by atoms with E-state index >= 15 is 0 Å². The summed E-state index contributed by atoms with van der Waals surface area (Å²) in [5.41, 5.74) is 4.96. The molecule has 0 aliphatic carbocycles. The summed E-state index contributed by atoms with van der Waals surface area (Å²) in [6.07, 6.45) is 0. The molecule has 6 nitrogen and oxygen atoms in total. The Morgan fingerprint density at radius 1 is 1.04 bits per heavy atom. The minimum Gasteiger partial charge on any atom is -0.394 e. The maximum absolute atomic E-state index is 9.42. The first-order chi connectivity index (χ1) is 12.5. The van der Waals surface area contributed by atoms with Crippen molar-refractivity contribution in [3.63, 3.8) is 0 Å². The molecule has 0 radical (unpaired) electrons. The molecule has 0 unspecified atom stereocenters. The van der Waals surface area contributed by atoms with E-state index in [-0.39, 0.29) is 13.2 Å². The number of aryl methyl sites for hydroxylation is 1. The van der Waals surface area contributed by atoms with Crippen LogP contribution in [0.5, 0.6) is 0 Å². The second kappa shape index (κ2) is 6.32. The Labute approximate surface area is 151 Å². The van der Waals surface area contributed by atoms with Crippen LogP contribution < -0.4 is 5.32 Å². The number of hydrogen-bond donors (Lipinski definition) is 3. The SMILES string of the molecule is Cn1c2cc(CNC(C)(CO)CO)ccc2c2nc3ccccc3nc21. The first kappa shape index (κ1) is 16.9. The van der Waals surface area contributed by atoms with E-state index in [0.717, 1.165) is 38.7 Å². The minimum absolute atomic E-state index is 0.125. The van der Waals surface area contributed by atoms with Crippen molar-refractivity contribution in [3.05, 3.63) is 48.0 Å². The van der Waals surface area contributed by atoms with Gasteiger partial charge in [0.2, 0.25) is 0 Å². The van der Waals surface area contributed by atoms with Gasteiger partial charge in [-0.1, -0.05) is 24.3 Å². The maximum atomic E-state index is 9.42. The van der Waals surface area contributed by atoms with Gasteiger partial charge in [-0.05, 0) is 30.7 Å². The first-order valence-corrected chi connectivity index (χ1v) is 8.65. The summed E-state index contributed by atoms with van der Waals surface area (Å²) in [5.74, 6) is 0. The van der Waals surface area contributed by atoms with Crippen molar-refractivity contribution < 1.29 is 10.2 Å². The van der Waals surface area contributed by atoms with Crippen LogP contribution in [0.25, 0.3) is 33.1 Å². The van der Waals surface area contributed by atoms with E-state index < -0.39 is 5.54 Å². The summed E-state index contributed by atoms with van der Waals surface area (Å²) in [7, 11) is 2.00.